The van der Waals surface area contributed by atoms with Crippen LogP contribution in [0, 0.1) is 0 Å². The maximum Gasteiger partial charge on any atom is 0.409 e. The van der Waals surface area contributed by atoms with E-state index in [4.69, 9.17) is 16.3 Å². The third kappa shape index (κ3) is 6.41. The van der Waals surface area contributed by atoms with Crippen molar-refractivity contribution >= 4 is 35.2 Å². The van der Waals surface area contributed by atoms with E-state index in [1.165, 1.54) is 0 Å². The molecule has 2 rings (SSSR count). The summed E-state index contributed by atoms with van der Waals surface area (Å²) in [5.41, 5.74) is 0.541. The molecule has 1 aromatic carbocycles. The Balaban J connectivity index is 1.75. The lowest BCUT2D eigenvalue weighted by Crippen LogP contribution is -2.52. The standard InChI is InChI=1S/C18H25ClN4O4/c1-3-27-18(26)23-10-8-22(9-11-23)17(25)13-21(2)12-16(24)20-15-7-5-4-6-14(15)19/h4-7H,3,8-13H2,1-2H3,(H,20,24). The van der Waals surface area contributed by atoms with Crippen molar-refractivity contribution in [3.05, 3.63) is 29.3 Å². The van der Waals surface area contributed by atoms with Crippen molar-refractivity contribution in [2.75, 3.05) is 58.2 Å². The van der Waals surface area contributed by atoms with Gasteiger partial charge in [0.2, 0.25) is 11.8 Å². The van der Waals surface area contributed by atoms with E-state index in [0.717, 1.165) is 0 Å². The Morgan fingerprint density at radius 3 is 2.37 bits per heavy atom. The van der Waals surface area contributed by atoms with E-state index < -0.39 is 0 Å². The number of hydrogen-bond acceptors (Lipinski definition) is 5. The van der Waals surface area contributed by atoms with Crippen LogP contribution in [0.2, 0.25) is 5.02 Å². The topological polar surface area (TPSA) is 82.2 Å². The molecule has 3 amide bonds. The molecule has 27 heavy (non-hydrogen) atoms. The molecule has 0 aromatic heterocycles. The highest BCUT2D eigenvalue weighted by Gasteiger charge is 2.25. The molecule has 0 unspecified atom stereocenters. The van der Waals surface area contributed by atoms with Gasteiger partial charge in [-0.1, -0.05) is 23.7 Å². The lowest BCUT2D eigenvalue weighted by molar-refractivity contribution is -0.134. The number of piperazine rings is 1. The van der Waals surface area contributed by atoms with Gasteiger partial charge < -0.3 is 19.9 Å². The lowest BCUT2D eigenvalue weighted by atomic mass is 10.3. The van der Waals surface area contributed by atoms with E-state index >= 15 is 0 Å². The van der Waals surface area contributed by atoms with Crippen molar-refractivity contribution in [3.8, 4) is 0 Å². The summed E-state index contributed by atoms with van der Waals surface area (Å²) in [6, 6.07) is 6.98. The van der Waals surface area contributed by atoms with Gasteiger partial charge in [-0.2, -0.15) is 0 Å². The minimum absolute atomic E-state index is 0.0692. The zero-order valence-corrected chi connectivity index (χ0v) is 16.4. The van der Waals surface area contributed by atoms with E-state index in [-0.39, 0.29) is 31.0 Å². The van der Waals surface area contributed by atoms with Crippen LogP contribution >= 0.6 is 11.6 Å². The molecule has 1 saturated heterocycles. The molecule has 1 fully saturated rings. The summed E-state index contributed by atoms with van der Waals surface area (Å²) in [5, 5.41) is 3.19. The van der Waals surface area contributed by atoms with E-state index in [9.17, 15) is 14.4 Å². The van der Waals surface area contributed by atoms with E-state index in [1.54, 1.807) is 52.9 Å². The first kappa shape index (κ1) is 21.0. The van der Waals surface area contributed by atoms with Gasteiger partial charge in [0.05, 0.1) is 30.4 Å². The Morgan fingerprint density at radius 2 is 1.74 bits per heavy atom. The monoisotopic (exact) mass is 396 g/mol. The van der Waals surface area contributed by atoms with Crippen LogP contribution in [-0.2, 0) is 14.3 Å². The normalized spacial score (nSPS) is 14.2. The lowest BCUT2D eigenvalue weighted by Gasteiger charge is -2.34. The quantitative estimate of drug-likeness (QED) is 0.788. The summed E-state index contributed by atoms with van der Waals surface area (Å²) >= 11 is 6.02. The molecule has 0 spiro atoms. The van der Waals surface area contributed by atoms with Gasteiger partial charge in [0, 0.05) is 26.2 Å². The predicted octanol–water partition coefficient (Wildman–Crippen LogP) is 1.51. The molecule has 1 aliphatic rings. The van der Waals surface area contributed by atoms with Gasteiger partial charge in [0.1, 0.15) is 0 Å². The molecule has 0 saturated carbocycles. The fourth-order valence-corrected chi connectivity index (χ4v) is 2.92. The van der Waals surface area contributed by atoms with Crippen molar-refractivity contribution < 1.29 is 19.1 Å². The van der Waals surface area contributed by atoms with Crippen molar-refractivity contribution in [1.82, 2.24) is 14.7 Å². The Bertz CT molecular complexity index is 677. The Kier molecular flexibility index (Phi) is 7.87. The van der Waals surface area contributed by atoms with Crippen LogP contribution < -0.4 is 5.32 Å². The predicted molar refractivity (Wildman–Crippen MR) is 103 cm³/mol. The maximum atomic E-state index is 12.4. The molecule has 1 N–H and O–H groups in total. The number of ether oxygens (including phenoxy) is 1. The minimum atomic E-state index is -0.349. The largest absolute Gasteiger partial charge is 0.450 e. The van der Waals surface area contributed by atoms with Gasteiger partial charge in [-0.05, 0) is 26.1 Å². The van der Waals surface area contributed by atoms with E-state index in [0.29, 0.717) is 43.5 Å². The van der Waals surface area contributed by atoms with Crippen LogP contribution in [0.15, 0.2) is 24.3 Å². The smallest absolute Gasteiger partial charge is 0.409 e. The minimum Gasteiger partial charge on any atom is -0.450 e. The molecular formula is C18H25ClN4O4. The molecule has 9 heteroatoms. The highest BCUT2D eigenvalue weighted by molar-refractivity contribution is 6.33. The fraction of sp³-hybridized carbons (Fsp3) is 0.500. The third-order valence-electron chi connectivity index (χ3n) is 4.13. The maximum absolute atomic E-state index is 12.4. The Labute approximate surface area is 164 Å². The number of rotatable bonds is 6. The zero-order chi connectivity index (χ0) is 19.8. The van der Waals surface area contributed by atoms with Gasteiger partial charge in [0.15, 0.2) is 0 Å². The Morgan fingerprint density at radius 1 is 1.11 bits per heavy atom. The summed E-state index contributed by atoms with van der Waals surface area (Å²) in [6.45, 7) is 4.08. The molecule has 1 aromatic rings. The molecular weight excluding hydrogens is 372 g/mol. The number of halogens is 1. The number of carbonyl (C=O) groups excluding carboxylic acids is 3. The molecule has 148 valence electrons. The van der Waals surface area contributed by atoms with Crippen LogP contribution in [0.3, 0.4) is 0 Å². The van der Waals surface area contributed by atoms with E-state index in [1.807, 2.05) is 0 Å². The van der Waals surface area contributed by atoms with Crippen LogP contribution in [0.25, 0.3) is 0 Å². The number of likely N-dealkylation sites (N-methyl/N-ethyl adjacent to an activating group) is 1. The first-order valence-corrected chi connectivity index (χ1v) is 9.21. The molecule has 1 heterocycles. The van der Waals surface area contributed by atoms with E-state index in [2.05, 4.69) is 5.32 Å². The van der Waals surface area contributed by atoms with Crippen molar-refractivity contribution in [1.29, 1.82) is 0 Å². The number of amides is 3. The number of para-hydroxylation sites is 1. The average Bonchev–Trinajstić information content (AvgIpc) is 2.63. The van der Waals surface area contributed by atoms with Crippen molar-refractivity contribution in [2.24, 2.45) is 0 Å². The van der Waals surface area contributed by atoms with Crippen LogP contribution in [0.1, 0.15) is 6.92 Å². The summed E-state index contributed by atoms with van der Waals surface area (Å²) in [7, 11) is 1.71. The second-order valence-corrected chi connectivity index (χ2v) is 6.67. The summed E-state index contributed by atoms with van der Waals surface area (Å²) in [6.07, 6.45) is -0.349. The number of anilines is 1. The second-order valence-electron chi connectivity index (χ2n) is 6.27. The second kappa shape index (κ2) is 10.1. The molecule has 0 radical (unpaired) electrons. The first-order valence-electron chi connectivity index (χ1n) is 8.83. The average molecular weight is 397 g/mol. The summed E-state index contributed by atoms with van der Waals surface area (Å²) < 4.78 is 4.96. The number of nitrogens with one attached hydrogen (secondary N) is 1. The SMILES string of the molecule is CCOC(=O)N1CCN(C(=O)CN(C)CC(=O)Nc2ccccc2Cl)CC1. The third-order valence-corrected chi connectivity index (χ3v) is 4.45. The van der Waals surface area contributed by atoms with Gasteiger partial charge in [-0.3, -0.25) is 14.5 Å². The van der Waals surface area contributed by atoms with Gasteiger partial charge in [0.25, 0.3) is 0 Å². The van der Waals surface area contributed by atoms with Crippen LogP contribution in [-0.4, -0.2) is 85.5 Å². The molecule has 0 bridgehead atoms. The number of hydrogen-bond donors (Lipinski definition) is 1. The molecule has 0 aliphatic carbocycles. The van der Waals surface area contributed by atoms with Gasteiger partial charge >= 0.3 is 6.09 Å². The Hall–Kier alpha value is -2.32. The number of nitrogens with zero attached hydrogens (tertiary/aromatic N) is 3. The number of benzene rings is 1. The first-order chi connectivity index (χ1) is 12.9. The molecule has 8 nitrogen and oxygen atoms in total. The highest BCUT2D eigenvalue weighted by atomic mass is 35.5. The molecule has 0 atom stereocenters. The van der Waals surface area contributed by atoms with Crippen LogP contribution in [0.5, 0.6) is 0 Å². The van der Waals surface area contributed by atoms with Gasteiger partial charge in [-0.15, -0.1) is 0 Å². The van der Waals surface area contributed by atoms with Gasteiger partial charge in [-0.25, -0.2) is 4.79 Å². The highest BCUT2D eigenvalue weighted by Crippen LogP contribution is 2.20. The summed E-state index contributed by atoms with van der Waals surface area (Å²) in [4.78, 5) is 41.1. The van der Waals surface area contributed by atoms with Crippen molar-refractivity contribution in [2.45, 2.75) is 6.92 Å². The summed E-state index contributed by atoms with van der Waals surface area (Å²) in [5.74, 6) is -0.322. The van der Waals surface area contributed by atoms with Crippen molar-refractivity contribution in [3.63, 3.8) is 0 Å². The van der Waals surface area contributed by atoms with Crippen LogP contribution in [0.4, 0.5) is 10.5 Å². The molecule has 1 aliphatic heterocycles. The number of carbonyl (C=O) groups is 3. The zero-order valence-electron chi connectivity index (χ0n) is 15.6. The fourth-order valence-electron chi connectivity index (χ4n) is 2.74.